The van der Waals surface area contributed by atoms with Crippen molar-refractivity contribution in [2.24, 2.45) is 0 Å². The van der Waals surface area contributed by atoms with E-state index >= 15 is 0 Å². The normalized spacial score (nSPS) is 12.9. The Bertz CT molecular complexity index is 710. The average molecular weight is 345 g/mol. The SMILES string of the molecule is CCCCN(CC)C(=O)c1ccc(-c2ccc3c(c2)OCCO3)s1. The van der Waals surface area contributed by atoms with Gasteiger partial charge in [0.1, 0.15) is 13.2 Å². The largest absolute Gasteiger partial charge is 0.486 e. The topological polar surface area (TPSA) is 38.8 Å². The Morgan fingerprint density at radius 2 is 1.92 bits per heavy atom. The molecule has 0 bridgehead atoms. The number of rotatable bonds is 6. The third-order valence-corrected chi connectivity index (χ3v) is 5.22. The van der Waals surface area contributed by atoms with Crippen molar-refractivity contribution in [3.63, 3.8) is 0 Å². The molecule has 1 amide bonds. The first-order valence-corrected chi connectivity index (χ1v) is 9.33. The van der Waals surface area contributed by atoms with Crippen molar-refractivity contribution in [1.29, 1.82) is 0 Å². The van der Waals surface area contributed by atoms with Gasteiger partial charge in [0.15, 0.2) is 11.5 Å². The molecule has 1 aliphatic heterocycles. The van der Waals surface area contributed by atoms with Crippen LogP contribution in [-0.4, -0.2) is 37.1 Å². The van der Waals surface area contributed by atoms with Crippen molar-refractivity contribution in [2.45, 2.75) is 26.7 Å². The zero-order chi connectivity index (χ0) is 16.9. The maximum absolute atomic E-state index is 12.7. The van der Waals surface area contributed by atoms with Crippen LogP contribution in [0, 0.1) is 0 Å². The van der Waals surface area contributed by atoms with Gasteiger partial charge in [0.2, 0.25) is 0 Å². The van der Waals surface area contributed by atoms with Gasteiger partial charge in [-0.2, -0.15) is 0 Å². The van der Waals surface area contributed by atoms with Crippen molar-refractivity contribution in [3.8, 4) is 21.9 Å². The number of benzene rings is 1. The van der Waals surface area contributed by atoms with E-state index in [9.17, 15) is 4.79 Å². The Labute approximate surface area is 147 Å². The summed E-state index contributed by atoms with van der Waals surface area (Å²) in [6, 6.07) is 9.88. The number of thiophene rings is 1. The number of fused-ring (bicyclic) bond motifs is 1. The lowest BCUT2D eigenvalue weighted by Gasteiger charge is -2.19. The zero-order valence-corrected chi connectivity index (χ0v) is 15.0. The molecule has 1 aliphatic rings. The first-order valence-electron chi connectivity index (χ1n) is 8.52. The third kappa shape index (κ3) is 3.56. The molecule has 0 unspecified atom stereocenters. The monoisotopic (exact) mass is 345 g/mol. The summed E-state index contributed by atoms with van der Waals surface area (Å²) in [7, 11) is 0. The molecule has 0 fully saturated rings. The minimum Gasteiger partial charge on any atom is -0.486 e. The summed E-state index contributed by atoms with van der Waals surface area (Å²) in [5.74, 6) is 1.69. The van der Waals surface area contributed by atoms with Crippen molar-refractivity contribution in [1.82, 2.24) is 4.90 Å². The van der Waals surface area contributed by atoms with Crippen LogP contribution < -0.4 is 9.47 Å². The van der Waals surface area contributed by atoms with E-state index in [0.717, 1.165) is 52.7 Å². The molecule has 0 radical (unpaired) electrons. The summed E-state index contributed by atoms with van der Waals surface area (Å²) >= 11 is 1.53. The highest BCUT2D eigenvalue weighted by atomic mass is 32.1. The zero-order valence-electron chi connectivity index (χ0n) is 14.2. The van der Waals surface area contributed by atoms with Crippen LogP contribution in [0.5, 0.6) is 11.5 Å². The van der Waals surface area contributed by atoms with Crippen molar-refractivity contribution < 1.29 is 14.3 Å². The van der Waals surface area contributed by atoms with Gasteiger partial charge in [0.05, 0.1) is 4.88 Å². The second-order valence-corrected chi connectivity index (χ2v) is 6.84. The molecule has 2 aromatic rings. The number of carbonyl (C=O) groups excluding carboxylic acids is 1. The molecule has 128 valence electrons. The molecular formula is C19H23NO3S. The number of carbonyl (C=O) groups is 1. The molecular weight excluding hydrogens is 322 g/mol. The van der Waals surface area contributed by atoms with E-state index in [1.54, 1.807) is 0 Å². The fourth-order valence-corrected chi connectivity index (χ4v) is 3.68. The highest BCUT2D eigenvalue weighted by molar-refractivity contribution is 7.17. The predicted octanol–water partition coefficient (Wildman–Crippen LogP) is 4.45. The highest BCUT2D eigenvalue weighted by Gasteiger charge is 2.18. The number of nitrogens with zero attached hydrogens (tertiary/aromatic N) is 1. The van der Waals surface area contributed by atoms with Gasteiger partial charge in [-0.1, -0.05) is 13.3 Å². The van der Waals surface area contributed by atoms with Crippen LogP contribution in [0.15, 0.2) is 30.3 Å². The van der Waals surface area contributed by atoms with Crippen molar-refractivity contribution >= 4 is 17.2 Å². The van der Waals surface area contributed by atoms with E-state index in [2.05, 4.69) is 6.92 Å². The van der Waals surface area contributed by atoms with Crippen molar-refractivity contribution in [3.05, 3.63) is 35.2 Å². The summed E-state index contributed by atoms with van der Waals surface area (Å²) in [5.41, 5.74) is 1.06. The standard InChI is InChI=1S/C19H23NO3S/c1-3-5-10-20(4-2)19(21)18-9-8-17(24-18)14-6-7-15-16(13-14)23-12-11-22-15/h6-9,13H,3-5,10-12H2,1-2H3. The maximum atomic E-state index is 12.7. The highest BCUT2D eigenvalue weighted by Crippen LogP contribution is 2.37. The number of hydrogen-bond acceptors (Lipinski definition) is 4. The molecule has 2 heterocycles. The van der Waals surface area contributed by atoms with Crippen molar-refractivity contribution in [2.75, 3.05) is 26.3 Å². The number of amides is 1. The van der Waals surface area contributed by atoms with Gasteiger partial charge < -0.3 is 14.4 Å². The molecule has 3 rings (SSSR count). The lowest BCUT2D eigenvalue weighted by atomic mass is 10.1. The van der Waals surface area contributed by atoms with Gasteiger partial charge in [-0.3, -0.25) is 4.79 Å². The summed E-state index contributed by atoms with van der Waals surface area (Å²) in [6.07, 6.45) is 2.14. The van der Waals surface area contributed by atoms with E-state index in [4.69, 9.17) is 9.47 Å². The van der Waals surface area contributed by atoms with Gasteiger partial charge in [-0.15, -0.1) is 11.3 Å². The van der Waals surface area contributed by atoms with Crippen LogP contribution in [0.4, 0.5) is 0 Å². The Morgan fingerprint density at radius 1 is 1.12 bits per heavy atom. The predicted molar refractivity (Wildman–Crippen MR) is 97.2 cm³/mol. The molecule has 4 nitrogen and oxygen atoms in total. The van der Waals surface area contributed by atoms with E-state index in [0.29, 0.717) is 13.2 Å². The Morgan fingerprint density at radius 3 is 2.67 bits per heavy atom. The number of ether oxygens (including phenoxy) is 2. The van der Waals surface area contributed by atoms with Crippen LogP contribution in [0.2, 0.25) is 0 Å². The third-order valence-electron chi connectivity index (χ3n) is 4.09. The van der Waals surface area contributed by atoms with Crippen LogP contribution in [0.3, 0.4) is 0 Å². The molecule has 0 saturated carbocycles. The van der Waals surface area contributed by atoms with Gasteiger partial charge in [-0.05, 0) is 49.2 Å². The van der Waals surface area contributed by atoms with Crippen LogP contribution in [0.25, 0.3) is 10.4 Å². The molecule has 5 heteroatoms. The van der Waals surface area contributed by atoms with Crippen LogP contribution in [0.1, 0.15) is 36.4 Å². The fraction of sp³-hybridized carbons (Fsp3) is 0.421. The van der Waals surface area contributed by atoms with Gasteiger partial charge in [0, 0.05) is 18.0 Å². The molecule has 0 atom stereocenters. The van der Waals surface area contributed by atoms with E-state index in [1.807, 2.05) is 42.2 Å². The van der Waals surface area contributed by atoms with Gasteiger partial charge >= 0.3 is 0 Å². The molecule has 0 aliphatic carbocycles. The van der Waals surface area contributed by atoms with Gasteiger partial charge in [0.25, 0.3) is 5.91 Å². The Kier molecular flexibility index (Phi) is 5.41. The maximum Gasteiger partial charge on any atom is 0.263 e. The minimum atomic E-state index is 0.125. The first-order chi connectivity index (χ1) is 11.7. The van der Waals surface area contributed by atoms with E-state index in [-0.39, 0.29) is 5.91 Å². The Balaban J connectivity index is 1.78. The van der Waals surface area contributed by atoms with Crippen LogP contribution in [-0.2, 0) is 0 Å². The summed E-state index contributed by atoms with van der Waals surface area (Å²) < 4.78 is 11.2. The molecule has 1 aromatic heterocycles. The quantitative estimate of drug-likeness (QED) is 0.776. The smallest absolute Gasteiger partial charge is 0.263 e. The fourth-order valence-electron chi connectivity index (χ4n) is 2.71. The van der Waals surface area contributed by atoms with Gasteiger partial charge in [-0.25, -0.2) is 0 Å². The summed E-state index contributed by atoms with van der Waals surface area (Å²) in [5, 5.41) is 0. The van der Waals surface area contributed by atoms with E-state index < -0.39 is 0 Å². The Hall–Kier alpha value is -2.01. The number of hydrogen-bond donors (Lipinski definition) is 0. The van der Waals surface area contributed by atoms with E-state index in [1.165, 1.54) is 11.3 Å². The first kappa shape index (κ1) is 16.8. The lowest BCUT2D eigenvalue weighted by molar-refractivity contribution is 0.0767. The molecule has 1 aromatic carbocycles. The second kappa shape index (κ2) is 7.71. The minimum absolute atomic E-state index is 0.125. The molecule has 0 spiro atoms. The lowest BCUT2D eigenvalue weighted by Crippen LogP contribution is -2.31. The number of unbranched alkanes of at least 4 members (excludes halogenated alkanes) is 1. The molecule has 0 N–H and O–H groups in total. The summed E-state index contributed by atoms with van der Waals surface area (Å²) in [6.45, 7) is 6.91. The second-order valence-electron chi connectivity index (χ2n) is 5.76. The molecule has 0 saturated heterocycles. The van der Waals surface area contributed by atoms with Crippen LogP contribution >= 0.6 is 11.3 Å². The molecule has 24 heavy (non-hydrogen) atoms. The summed E-state index contributed by atoms with van der Waals surface area (Å²) in [4.78, 5) is 16.4. The average Bonchev–Trinajstić information content (AvgIpc) is 3.12.